The van der Waals surface area contributed by atoms with Crippen molar-refractivity contribution in [2.24, 2.45) is 17.6 Å². The van der Waals surface area contributed by atoms with Crippen LogP contribution in [0, 0.1) is 18.8 Å². The van der Waals surface area contributed by atoms with Crippen molar-refractivity contribution in [2.45, 2.75) is 51.0 Å². The van der Waals surface area contributed by atoms with Crippen LogP contribution in [-0.2, 0) is 16.6 Å². The number of rotatable bonds is 5. The molecule has 0 aromatic heterocycles. The van der Waals surface area contributed by atoms with E-state index in [1.165, 1.54) is 19.3 Å². The van der Waals surface area contributed by atoms with Crippen molar-refractivity contribution >= 4 is 10.0 Å². The highest BCUT2D eigenvalue weighted by Gasteiger charge is 2.24. The minimum absolute atomic E-state index is 0.364. The molecule has 1 fully saturated rings. The number of hydrogen-bond donors (Lipinski definition) is 2. The summed E-state index contributed by atoms with van der Waals surface area (Å²) in [5.74, 6) is 1.05. The monoisotopic (exact) mass is 310 g/mol. The molecule has 118 valence electrons. The lowest BCUT2D eigenvalue weighted by atomic mass is 9.81. The van der Waals surface area contributed by atoms with Crippen LogP contribution in [0.3, 0.4) is 0 Å². The van der Waals surface area contributed by atoms with Crippen LogP contribution < -0.4 is 10.5 Å². The quantitative estimate of drug-likeness (QED) is 0.878. The molecule has 0 radical (unpaired) electrons. The van der Waals surface area contributed by atoms with Crippen LogP contribution in [0.4, 0.5) is 0 Å². The van der Waals surface area contributed by atoms with Gasteiger partial charge in [-0.2, -0.15) is 0 Å². The van der Waals surface area contributed by atoms with Crippen LogP contribution in [0.5, 0.6) is 0 Å². The van der Waals surface area contributed by atoms with Crippen LogP contribution in [0.2, 0.25) is 0 Å². The standard InChI is InChI=1S/C16H26N2O2S/c1-12-5-3-4-6-15(12)11-18-21(19,20)16-8-7-14(10-17)9-13(16)2/h7-9,12,15,18H,3-6,10-11,17H2,1-2H3. The van der Waals surface area contributed by atoms with Gasteiger partial charge in [0, 0.05) is 13.1 Å². The summed E-state index contributed by atoms with van der Waals surface area (Å²) >= 11 is 0. The Morgan fingerprint density at radius 3 is 2.62 bits per heavy atom. The highest BCUT2D eigenvalue weighted by Crippen LogP contribution is 2.29. The number of hydrogen-bond acceptors (Lipinski definition) is 3. The predicted molar refractivity (Wildman–Crippen MR) is 85.4 cm³/mol. The molecule has 5 heteroatoms. The highest BCUT2D eigenvalue weighted by atomic mass is 32.2. The summed E-state index contributed by atoms with van der Waals surface area (Å²) in [6.45, 7) is 5.01. The zero-order chi connectivity index (χ0) is 15.5. The van der Waals surface area contributed by atoms with Crippen LogP contribution in [0.25, 0.3) is 0 Å². The summed E-state index contributed by atoms with van der Waals surface area (Å²) in [4.78, 5) is 0.364. The van der Waals surface area contributed by atoms with E-state index >= 15 is 0 Å². The van der Waals surface area contributed by atoms with E-state index in [2.05, 4.69) is 11.6 Å². The maximum Gasteiger partial charge on any atom is 0.240 e. The second-order valence-corrected chi connectivity index (χ2v) is 7.91. The van der Waals surface area contributed by atoms with Crippen molar-refractivity contribution in [1.29, 1.82) is 0 Å². The minimum atomic E-state index is -3.43. The molecule has 2 atom stereocenters. The second kappa shape index (κ2) is 6.90. The minimum Gasteiger partial charge on any atom is -0.326 e. The third-order valence-electron chi connectivity index (χ3n) is 4.59. The Bertz CT molecular complexity index is 584. The Labute approximate surface area is 128 Å². The first-order valence-corrected chi connectivity index (χ1v) is 9.21. The van der Waals surface area contributed by atoms with Gasteiger partial charge in [0.15, 0.2) is 0 Å². The van der Waals surface area contributed by atoms with E-state index < -0.39 is 10.0 Å². The van der Waals surface area contributed by atoms with Crippen molar-refractivity contribution in [3.8, 4) is 0 Å². The molecule has 0 amide bonds. The summed E-state index contributed by atoms with van der Waals surface area (Å²) in [6, 6.07) is 5.28. The second-order valence-electron chi connectivity index (χ2n) is 6.18. The third-order valence-corrected chi connectivity index (χ3v) is 6.17. The average molecular weight is 310 g/mol. The SMILES string of the molecule is Cc1cc(CN)ccc1S(=O)(=O)NCC1CCCCC1C. The predicted octanol–water partition coefficient (Wildman–Crippen LogP) is 2.56. The topological polar surface area (TPSA) is 72.2 Å². The number of nitrogens with two attached hydrogens (primary N) is 1. The van der Waals surface area contributed by atoms with Gasteiger partial charge in [-0.05, 0) is 42.4 Å². The van der Waals surface area contributed by atoms with Gasteiger partial charge in [0.25, 0.3) is 0 Å². The van der Waals surface area contributed by atoms with Crippen LogP contribution >= 0.6 is 0 Å². The Balaban J connectivity index is 2.07. The lowest BCUT2D eigenvalue weighted by molar-refractivity contribution is 0.257. The summed E-state index contributed by atoms with van der Waals surface area (Å²) in [6.07, 6.45) is 4.80. The summed E-state index contributed by atoms with van der Waals surface area (Å²) in [5.41, 5.74) is 7.29. The van der Waals surface area contributed by atoms with Crippen LogP contribution in [0.1, 0.15) is 43.7 Å². The first kappa shape index (κ1) is 16.5. The number of sulfonamides is 1. The van der Waals surface area contributed by atoms with Crippen molar-refractivity contribution in [2.75, 3.05) is 6.54 Å². The number of nitrogens with one attached hydrogen (secondary N) is 1. The molecule has 1 saturated carbocycles. The van der Waals surface area contributed by atoms with Gasteiger partial charge in [0.1, 0.15) is 0 Å². The van der Waals surface area contributed by atoms with Gasteiger partial charge in [-0.3, -0.25) is 0 Å². The van der Waals surface area contributed by atoms with Crippen molar-refractivity contribution in [3.63, 3.8) is 0 Å². The van der Waals surface area contributed by atoms with Crippen molar-refractivity contribution in [3.05, 3.63) is 29.3 Å². The molecule has 0 aliphatic heterocycles. The van der Waals surface area contributed by atoms with Gasteiger partial charge >= 0.3 is 0 Å². The normalized spacial score (nSPS) is 23.2. The molecule has 1 aliphatic rings. The van der Waals surface area contributed by atoms with Crippen molar-refractivity contribution < 1.29 is 8.42 Å². The van der Waals surface area contributed by atoms with E-state index in [0.717, 1.165) is 17.5 Å². The number of aryl methyl sites for hydroxylation is 1. The first-order valence-electron chi connectivity index (χ1n) is 7.73. The van der Waals surface area contributed by atoms with Gasteiger partial charge < -0.3 is 5.73 Å². The smallest absolute Gasteiger partial charge is 0.240 e. The highest BCUT2D eigenvalue weighted by molar-refractivity contribution is 7.89. The maximum atomic E-state index is 12.5. The van der Waals surface area contributed by atoms with E-state index in [-0.39, 0.29) is 0 Å². The van der Waals surface area contributed by atoms with Gasteiger partial charge in [0.2, 0.25) is 10.0 Å². The fraction of sp³-hybridized carbons (Fsp3) is 0.625. The van der Waals surface area contributed by atoms with Crippen molar-refractivity contribution in [1.82, 2.24) is 4.72 Å². The third kappa shape index (κ3) is 4.05. The van der Waals surface area contributed by atoms with Crippen LogP contribution in [-0.4, -0.2) is 15.0 Å². The van der Waals surface area contributed by atoms with E-state index in [0.29, 0.717) is 29.8 Å². The molecule has 1 aromatic rings. The van der Waals surface area contributed by atoms with E-state index in [1.54, 1.807) is 12.1 Å². The van der Waals surface area contributed by atoms with Gasteiger partial charge in [-0.15, -0.1) is 0 Å². The molecule has 3 N–H and O–H groups in total. The fourth-order valence-corrected chi connectivity index (χ4v) is 4.45. The summed E-state index contributed by atoms with van der Waals surface area (Å²) in [7, 11) is -3.43. The van der Waals surface area contributed by atoms with Gasteiger partial charge in [-0.1, -0.05) is 38.3 Å². The Hall–Kier alpha value is -0.910. The summed E-state index contributed by atoms with van der Waals surface area (Å²) < 4.78 is 27.7. The summed E-state index contributed by atoms with van der Waals surface area (Å²) in [5, 5.41) is 0. The Morgan fingerprint density at radius 2 is 2.00 bits per heavy atom. The maximum absolute atomic E-state index is 12.5. The molecule has 0 heterocycles. The molecular weight excluding hydrogens is 284 g/mol. The molecule has 2 rings (SSSR count). The molecule has 0 saturated heterocycles. The molecular formula is C16H26N2O2S. The average Bonchev–Trinajstić information content (AvgIpc) is 2.46. The fourth-order valence-electron chi connectivity index (χ4n) is 3.13. The molecule has 21 heavy (non-hydrogen) atoms. The van der Waals surface area contributed by atoms with Gasteiger partial charge in [-0.25, -0.2) is 13.1 Å². The number of benzene rings is 1. The zero-order valence-corrected chi connectivity index (χ0v) is 13.7. The van der Waals surface area contributed by atoms with E-state index in [1.807, 2.05) is 13.0 Å². The molecule has 0 bridgehead atoms. The zero-order valence-electron chi connectivity index (χ0n) is 12.9. The Morgan fingerprint density at radius 1 is 1.29 bits per heavy atom. The largest absolute Gasteiger partial charge is 0.326 e. The van der Waals surface area contributed by atoms with E-state index in [4.69, 9.17) is 5.73 Å². The molecule has 0 spiro atoms. The molecule has 1 aliphatic carbocycles. The first-order chi connectivity index (χ1) is 9.94. The molecule has 1 aromatic carbocycles. The molecule has 4 nitrogen and oxygen atoms in total. The molecule has 2 unspecified atom stereocenters. The van der Waals surface area contributed by atoms with Gasteiger partial charge in [0.05, 0.1) is 4.90 Å². The lowest BCUT2D eigenvalue weighted by Gasteiger charge is -2.28. The lowest BCUT2D eigenvalue weighted by Crippen LogP contribution is -2.33. The van der Waals surface area contributed by atoms with Crippen LogP contribution in [0.15, 0.2) is 23.1 Å². The Kier molecular flexibility index (Phi) is 5.41. The van der Waals surface area contributed by atoms with E-state index in [9.17, 15) is 8.42 Å².